The van der Waals surface area contributed by atoms with Gasteiger partial charge in [0.05, 0.1) is 14.9 Å². The van der Waals surface area contributed by atoms with Gasteiger partial charge < -0.3 is 14.2 Å². The second-order valence-corrected chi connectivity index (χ2v) is 5.40. The van der Waals surface area contributed by atoms with Crippen molar-refractivity contribution in [2.45, 2.75) is 78.0 Å². The molecule has 0 aliphatic heterocycles. The minimum Gasteiger partial charge on any atom is -0.380 e. The van der Waals surface area contributed by atoms with Crippen molar-refractivity contribution in [3.05, 3.63) is 0 Å². The molecule has 17 heavy (non-hydrogen) atoms. The van der Waals surface area contributed by atoms with Gasteiger partial charge in [-0.05, 0) is 33.8 Å². The van der Waals surface area contributed by atoms with Crippen LogP contribution in [0.15, 0.2) is 0 Å². The van der Waals surface area contributed by atoms with Crippen molar-refractivity contribution in [1.29, 1.82) is 0 Å². The number of aliphatic hydroxyl groups is 1. The van der Waals surface area contributed by atoms with Crippen LogP contribution < -0.4 is 0 Å². The Hall–Kier alpha value is 0.110. The molecule has 0 aromatic heterocycles. The number of rotatable bonds is 9. The van der Waals surface area contributed by atoms with Gasteiger partial charge in [0.2, 0.25) is 0 Å². The first kappa shape index (κ1) is 4.90. The molecule has 104 valence electrons. The van der Waals surface area contributed by atoms with Gasteiger partial charge >= 0.3 is 7.60 Å². The summed E-state index contributed by atoms with van der Waals surface area (Å²) in [7, 11) is -5.74. The van der Waals surface area contributed by atoms with Crippen LogP contribution in [0.2, 0.25) is 0 Å². The molecule has 0 aromatic carbocycles. The summed E-state index contributed by atoms with van der Waals surface area (Å²) in [5.74, 6) is -2.40. The Morgan fingerprint density at radius 2 is 1.76 bits per heavy atom. The van der Waals surface area contributed by atoms with Gasteiger partial charge in [-0.15, -0.1) is 0 Å². The van der Waals surface area contributed by atoms with E-state index in [4.69, 9.17) is 19.2 Å². The SMILES string of the molecule is [2H]C([2H])([2H])C([2H])(OP(=O)(OC([2H])(C([2H])([2H])[2H])C([2H])([2H])[2H])C(O)CCCCC)C([2H])([2H])[2H]. The average Bonchev–Trinajstić information content (AvgIpc) is 2.50. The van der Waals surface area contributed by atoms with E-state index in [0.29, 0.717) is 12.8 Å². The molecule has 0 rings (SSSR count). The molecule has 0 aromatic rings. The molecule has 4 nitrogen and oxygen atoms in total. The lowest BCUT2D eigenvalue weighted by molar-refractivity contribution is 0.0973. The molecule has 0 fully saturated rings. The van der Waals surface area contributed by atoms with Gasteiger partial charge in [0.25, 0.3) is 0 Å². The number of hydrogen-bond acceptors (Lipinski definition) is 4. The standard InChI is InChI=1S/C12H27O4P/c1-6-7-8-9-12(13)17(14,15-10(2)3)16-11(4)5/h10-13H,6-9H2,1-5H3/i2D3,3D3,4D3,5D3,10D,11D. The van der Waals surface area contributed by atoms with Gasteiger partial charge in [0, 0.05) is 16.4 Å². The fourth-order valence-corrected chi connectivity index (χ4v) is 2.42. The Balaban J connectivity index is 6.66. The van der Waals surface area contributed by atoms with Crippen molar-refractivity contribution < 1.29 is 37.9 Å². The van der Waals surface area contributed by atoms with Crippen LogP contribution in [0.5, 0.6) is 0 Å². The predicted molar refractivity (Wildman–Crippen MR) is 70.2 cm³/mol. The molecule has 0 aliphatic carbocycles. The summed E-state index contributed by atoms with van der Waals surface area (Å²) in [6.45, 7) is -13.5. The van der Waals surface area contributed by atoms with Crippen LogP contribution >= 0.6 is 7.60 Å². The van der Waals surface area contributed by atoms with E-state index in [1.165, 1.54) is 0 Å². The van der Waals surface area contributed by atoms with Gasteiger partial charge in [-0.1, -0.05) is 26.2 Å². The largest absolute Gasteiger partial charge is 0.380 e. The summed E-state index contributed by atoms with van der Waals surface area (Å²) in [5.41, 5.74) is 0. The molecule has 0 spiro atoms. The smallest absolute Gasteiger partial charge is 0.359 e. The molecule has 1 unspecified atom stereocenters. The highest BCUT2D eigenvalue weighted by atomic mass is 31.2. The molecule has 0 saturated heterocycles. The maximum atomic E-state index is 13.4. The molecule has 5 heteroatoms. The van der Waals surface area contributed by atoms with Crippen LogP contribution in [0.3, 0.4) is 0 Å². The van der Waals surface area contributed by atoms with Crippen LogP contribution in [0.25, 0.3) is 0 Å². The van der Waals surface area contributed by atoms with Gasteiger partial charge in [-0.3, -0.25) is 4.57 Å². The normalized spacial score (nSPS) is 30.9. The molecule has 0 bridgehead atoms. The van der Waals surface area contributed by atoms with Gasteiger partial charge in [0.1, 0.15) is 0 Å². The highest BCUT2D eigenvalue weighted by Crippen LogP contribution is 2.55. The Morgan fingerprint density at radius 3 is 2.18 bits per heavy atom. The van der Waals surface area contributed by atoms with Crippen molar-refractivity contribution in [2.24, 2.45) is 0 Å². The molecular formula is C12H27O4P. The zero-order chi connectivity index (χ0) is 25.3. The molecule has 1 atom stereocenters. The molecule has 0 aliphatic rings. The highest BCUT2D eigenvalue weighted by Gasteiger charge is 2.36. The van der Waals surface area contributed by atoms with Crippen molar-refractivity contribution in [3.8, 4) is 0 Å². The number of unbranched alkanes of at least 4 members (excludes halogenated alkanes) is 2. The summed E-state index contributed by atoms with van der Waals surface area (Å²) in [6, 6.07) is 0. The monoisotopic (exact) mass is 280 g/mol. The van der Waals surface area contributed by atoms with Crippen molar-refractivity contribution in [1.82, 2.24) is 0 Å². The fourth-order valence-electron chi connectivity index (χ4n) is 1.13. The minimum atomic E-state index is -5.74. The van der Waals surface area contributed by atoms with Crippen LogP contribution in [-0.4, -0.2) is 23.1 Å². The molecule has 0 amide bonds. The fraction of sp³-hybridized carbons (Fsp3) is 1.00. The second-order valence-electron chi connectivity index (χ2n) is 3.36. The molecular weight excluding hydrogens is 239 g/mol. The first-order chi connectivity index (χ1) is 13.4. The van der Waals surface area contributed by atoms with Crippen molar-refractivity contribution in [2.75, 3.05) is 0 Å². The maximum absolute atomic E-state index is 13.4. The van der Waals surface area contributed by atoms with Gasteiger partial charge in [0.15, 0.2) is 5.85 Å². The zero-order valence-electron chi connectivity index (χ0n) is 23.5. The average molecular weight is 280 g/mol. The van der Waals surface area contributed by atoms with E-state index in [1.807, 2.05) is 0 Å². The van der Waals surface area contributed by atoms with Crippen molar-refractivity contribution >= 4 is 7.60 Å². The van der Waals surface area contributed by atoms with E-state index in [2.05, 4.69) is 9.05 Å². The van der Waals surface area contributed by atoms with Crippen LogP contribution in [0.1, 0.15) is 79.2 Å². The highest BCUT2D eigenvalue weighted by molar-refractivity contribution is 7.54. The first-order valence-electron chi connectivity index (χ1n) is 12.1. The predicted octanol–water partition coefficient (Wildman–Crippen LogP) is 3.93. The topological polar surface area (TPSA) is 55.8 Å². The molecule has 1 N–H and O–H groups in total. The van der Waals surface area contributed by atoms with E-state index in [1.54, 1.807) is 6.92 Å². The Labute approximate surface area is 125 Å². The van der Waals surface area contributed by atoms with E-state index in [-0.39, 0.29) is 6.42 Å². The number of aliphatic hydroxyl groups excluding tert-OH is 1. The third-order valence-corrected chi connectivity index (χ3v) is 3.73. The Kier molecular flexibility index (Phi) is 2.38. The lowest BCUT2D eigenvalue weighted by atomic mass is 10.2. The Morgan fingerprint density at radius 1 is 1.24 bits per heavy atom. The van der Waals surface area contributed by atoms with Gasteiger partial charge in [-0.2, -0.15) is 0 Å². The molecule has 0 radical (unpaired) electrons. The lowest BCUT2D eigenvalue weighted by Crippen LogP contribution is -2.18. The summed E-state index contributed by atoms with van der Waals surface area (Å²) >= 11 is 0. The second kappa shape index (κ2) is 8.25. The van der Waals surface area contributed by atoms with E-state index >= 15 is 0 Å². The third-order valence-electron chi connectivity index (χ3n) is 1.87. The first-order valence-corrected chi connectivity index (χ1v) is 6.70. The van der Waals surface area contributed by atoms with Crippen LogP contribution in [0, 0.1) is 0 Å². The lowest BCUT2D eigenvalue weighted by Gasteiger charge is -2.26. The Bertz CT molecular complexity index is 565. The number of hydrogen-bond donors (Lipinski definition) is 1. The summed E-state index contributed by atoms with van der Waals surface area (Å²) < 4.78 is 126. The van der Waals surface area contributed by atoms with E-state index in [0.717, 1.165) is 0 Å². The van der Waals surface area contributed by atoms with Crippen molar-refractivity contribution in [3.63, 3.8) is 0 Å². The van der Waals surface area contributed by atoms with Crippen LogP contribution in [-0.2, 0) is 13.6 Å². The zero-order valence-corrected chi connectivity index (χ0v) is 10.4. The summed E-state index contributed by atoms with van der Waals surface area (Å²) in [5, 5.41) is 10.4. The quantitative estimate of drug-likeness (QED) is 0.513. The van der Waals surface area contributed by atoms with Crippen LogP contribution in [0.4, 0.5) is 0 Å². The summed E-state index contributed by atoms with van der Waals surface area (Å²) in [4.78, 5) is 0. The summed E-state index contributed by atoms with van der Waals surface area (Å²) in [6.07, 6.45) is -7.35. The van der Waals surface area contributed by atoms with E-state index < -0.39 is 59.4 Å². The maximum Gasteiger partial charge on any atom is 0.359 e. The van der Waals surface area contributed by atoms with Gasteiger partial charge in [-0.25, -0.2) is 0 Å². The minimum absolute atomic E-state index is 0.105. The molecule has 0 saturated carbocycles. The molecule has 0 heterocycles. The third kappa shape index (κ3) is 7.20. The van der Waals surface area contributed by atoms with E-state index in [9.17, 15) is 9.67 Å².